The molecular weight excluding hydrogens is 250 g/mol. The lowest BCUT2D eigenvalue weighted by Crippen LogP contribution is -2.36. The van der Waals surface area contributed by atoms with E-state index in [9.17, 15) is 0 Å². The van der Waals surface area contributed by atoms with Crippen molar-refractivity contribution < 1.29 is 4.74 Å². The summed E-state index contributed by atoms with van der Waals surface area (Å²) in [5, 5.41) is 1.17. The van der Waals surface area contributed by atoms with Crippen LogP contribution in [0.25, 0.3) is 10.9 Å². The highest BCUT2D eigenvalue weighted by atomic mass is 16.5. The lowest BCUT2D eigenvalue weighted by Gasteiger charge is -2.29. The number of anilines is 2. The van der Waals surface area contributed by atoms with Gasteiger partial charge in [0.15, 0.2) is 0 Å². The number of hydrogen-bond acceptors (Lipinski definition) is 4. The summed E-state index contributed by atoms with van der Waals surface area (Å²) >= 11 is 0. The molecule has 4 heteroatoms. The van der Waals surface area contributed by atoms with E-state index in [4.69, 9.17) is 10.5 Å². The van der Waals surface area contributed by atoms with E-state index in [2.05, 4.69) is 41.1 Å². The number of morpholine rings is 1. The molecule has 0 aliphatic carbocycles. The highest BCUT2D eigenvalue weighted by Crippen LogP contribution is 2.25. The van der Waals surface area contributed by atoms with Crippen LogP contribution in [0.1, 0.15) is 18.9 Å². The third kappa shape index (κ3) is 2.56. The first-order valence-corrected chi connectivity index (χ1v) is 7.30. The number of nitrogens with zero attached hydrogens (tertiary/aromatic N) is 2. The number of pyridine rings is 1. The molecule has 0 spiro atoms. The Morgan fingerprint density at radius 2 is 2.05 bits per heavy atom. The predicted octanol–water partition coefficient (Wildman–Crippen LogP) is 2.61. The first-order chi connectivity index (χ1) is 9.78. The van der Waals surface area contributed by atoms with Crippen molar-refractivity contribution in [2.45, 2.75) is 19.8 Å². The lowest BCUT2D eigenvalue weighted by atomic mass is 10.1. The van der Waals surface area contributed by atoms with Crippen LogP contribution in [0.3, 0.4) is 0 Å². The molecule has 4 nitrogen and oxygen atoms in total. The molecule has 20 heavy (non-hydrogen) atoms. The van der Waals surface area contributed by atoms with E-state index in [0.717, 1.165) is 50.2 Å². The Bertz CT molecular complexity index is 606. The first kappa shape index (κ1) is 13.2. The summed E-state index contributed by atoms with van der Waals surface area (Å²) in [7, 11) is 0. The second-order valence-electron chi connectivity index (χ2n) is 5.26. The summed E-state index contributed by atoms with van der Waals surface area (Å²) in [4.78, 5) is 6.87. The molecule has 0 atom stereocenters. The summed E-state index contributed by atoms with van der Waals surface area (Å²) in [6.07, 6.45) is 2.07. The molecule has 106 valence electrons. The van der Waals surface area contributed by atoms with Crippen molar-refractivity contribution >= 4 is 22.4 Å². The molecule has 3 rings (SSSR count). The van der Waals surface area contributed by atoms with Crippen LogP contribution in [0.4, 0.5) is 11.5 Å². The molecular formula is C16H21N3O. The van der Waals surface area contributed by atoms with Gasteiger partial charge in [-0.05, 0) is 36.2 Å². The zero-order chi connectivity index (χ0) is 13.9. The number of benzene rings is 1. The van der Waals surface area contributed by atoms with Crippen molar-refractivity contribution in [3.05, 3.63) is 29.8 Å². The molecule has 0 radical (unpaired) electrons. The predicted molar refractivity (Wildman–Crippen MR) is 83.2 cm³/mol. The Morgan fingerprint density at radius 1 is 1.25 bits per heavy atom. The van der Waals surface area contributed by atoms with Crippen molar-refractivity contribution in [3.8, 4) is 0 Å². The van der Waals surface area contributed by atoms with Crippen molar-refractivity contribution in [1.82, 2.24) is 4.98 Å². The maximum absolute atomic E-state index is 6.02. The van der Waals surface area contributed by atoms with Crippen LogP contribution in [-0.2, 0) is 11.2 Å². The summed E-state index contributed by atoms with van der Waals surface area (Å²) in [5.74, 6) is 0.665. The van der Waals surface area contributed by atoms with E-state index in [1.54, 1.807) is 0 Å². The minimum absolute atomic E-state index is 0.665. The normalized spacial score (nSPS) is 15.8. The lowest BCUT2D eigenvalue weighted by molar-refractivity contribution is 0.122. The maximum atomic E-state index is 6.02. The molecule has 0 amide bonds. The number of hydrogen-bond donors (Lipinski definition) is 1. The summed E-state index contributed by atoms with van der Waals surface area (Å²) < 4.78 is 5.40. The van der Waals surface area contributed by atoms with E-state index in [1.807, 2.05) is 0 Å². The van der Waals surface area contributed by atoms with E-state index in [0.29, 0.717) is 5.82 Å². The molecule has 2 aromatic rings. The van der Waals surface area contributed by atoms with Gasteiger partial charge in [0.2, 0.25) is 0 Å². The van der Waals surface area contributed by atoms with Gasteiger partial charge >= 0.3 is 0 Å². The minimum Gasteiger partial charge on any atom is -0.383 e. The number of aryl methyl sites for hydroxylation is 1. The molecule has 1 aliphatic rings. The average molecular weight is 271 g/mol. The molecule has 1 aliphatic heterocycles. The molecule has 2 heterocycles. The number of ether oxygens (including phenoxy) is 1. The molecule has 0 unspecified atom stereocenters. The van der Waals surface area contributed by atoms with Gasteiger partial charge in [0.1, 0.15) is 5.82 Å². The molecule has 1 fully saturated rings. The fraction of sp³-hybridized carbons (Fsp3) is 0.438. The molecule has 1 aromatic carbocycles. The second-order valence-corrected chi connectivity index (χ2v) is 5.26. The van der Waals surface area contributed by atoms with Gasteiger partial charge in [0.05, 0.1) is 18.7 Å². The number of fused-ring (bicyclic) bond motifs is 1. The molecule has 2 N–H and O–H groups in total. The van der Waals surface area contributed by atoms with Gasteiger partial charge in [-0.2, -0.15) is 0 Å². The van der Waals surface area contributed by atoms with Gasteiger partial charge in [0.25, 0.3) is 0 Å². The van der Waals surface area contributed by atoms with Crippen molar-refractivity contribution in [3.63, 3.8) is 0 Å². The summed E-state index contributed by atoms with van der Waals surface area (Å²) in [6.45, 7) is 5.68. The smallest absolute Gasteiger partial charge is 0.127 e. The van der Waals surface area contributed by atoms with Crippen LogP contribution in [-0.4, -0.2) is 31.3 Å². The molecule has 1 saturated heterocycles. The number of nitrogen functional groups attached to an aromatic ring is 1. The third-order valence-electron chi connectivity index (χ3n) is 3.81. The summed E-state index contributed by atoms with van der Waals surface area (Å²) in [6, 6.07) is 8.59. The Kier molecular flexibility index (Phi) is 3.74. The van der Waals surface area contributed by atoms with Crippen molar-refractivity contribution in [1.29, 1.82) is 0 Å². The Balaban J connectivity index is 1.98. The van der Waals surface area contributed by atoms with Crippen LogP contribution in [0.5, 0.6) is 0 Å². The quantitative estimate of drug-likeness (QED) is 0.932. The zero-order valence-corrected chi connectivity index (χ0v) is 11.9. The van der Waals surface area contributed by atoms with Crippen LogP contribution >= 0.6 is 0 Å². The van der Waals surface area contributed by atoms with Crippen molar-refractivity contribution in [2.75, 3.05) is 36.9 Å². The second kappa shape index (κ2) is 5.67. The van der Waals surface area contributed by atoms with Gasteiger partial charge < -0.3 is 15.4 Å². The fourth-order valence-electron chi connectivity index (χ4n) is 2.71. The van der Waals surface area contributed by atoms with Crippen LogP contribution in [0.2, 0.25) is 0 Å². The van der Waals surface area contributed by atoms with Crippen LogP contribution in [0, 0.1) is 0 Å². The largest absolute Gasteiger partial charge is 0.383 e. The Morgan fingerprint density at radius 3 is 2.80 bits per heavy atom. The van der Waals surface area contributed by atoms with Gasteiger partial charge in [-0.3, -0.25) is 0 Å². The number of rotatable bonds is 3. The number of aromatic nitrogens is 1. The van der Waals surface area contributed by atoms with E-state index < -0.39 is 0 Å². The molecule has 1 aromatic heterocycles. The zero-order valence-electron chi connectivity index (χ0n) is 11.9. The van der Waals surface area contributed by atoms with E-state index >= 15 is 0 Å². The molecule has 0 saturated carbocycles. The van der Waals surface area contributed by atoms with Gasteiger partial charge in [-0.1, -0.05) is 13.3 Å². The third-order valence-corrected chi connectivity index (χ3v) is 3.81. The monoisotopic (exact) mass is 271 g/mol. The first-order valence-electron chi connectivity index (χ1n) is 7.30. The highest BCUT2D eigenvalue weighted by molar-refractivity contribution is 5.85. The highest BCUT2D eigenvalue weighted by Gasteiger charge is 2.12. The SMILES string of the molecule is CCCc1cc2cc(N3CCOCC3)ccc2nc1N. The Hall–Kier alpha value is -1.81. The number of nitrogens with two attached hydrogens (primary N) is 1. The topological polar surface area (TPSA) is 51.4 Å². The van der Waals surface area contributed by atoms with Gasteiger partial charge in [0, 0.05) is 24.2 Å². The average Bonchev–Trinajstić information content (AvgIpc) is 2.49. The summed E-state index contributed by atoms with van der Waals surface area (Å²) in [5.41, 5.74) is 9.38. The van der Waals surface area contributed by atoms with Crippen molar-refractivity contribution in [2.24, 2.45) is 0 Å². The standard InChI is InChI=1S/C16H21N3O/c1-2-3-12-10-13-11-14(19-6-8-20-9-7-19)4-5-15(13)18-16(12)17/h4-5,10-11H,2-3,6-9H2,1H3,(H2,17,18). The minimum atomic E-state index is 0.665. The van der Waals surface area contributed by atoms with Gasteiger partial charge in [-0.25, -0.2) is 4.98 Å². The molecule has 0 bridgehead atoms. The van der Waals surface area contributed by atoms with E-state index in [-0.39, 0.29) is 0 Å². The van der Waals surface area contributed by atoms with Crippen LogP contribution < -0.4 is 10.6 Å². The van der Waals surface area contributed by atoms with Gasteiger partial charge in [-0.15, -0.1) is 0 Å². The van der Waals surface area contributed by atoms with E-state index in [1.165, 1.54) is 11.1 Å². The fourth-order valence-corrected chi connectivity index (χ4v) is 2.71. The Labute approximate surface area is 119 Å². The van der Waals surface area contributed by atoms with Crippen LogP contribution in [0.15, 0.2) is 24.3 Å². The maximum Gasteiger partial charge on any atom is 0.127 e.